The molecule has 7 nitrogen and oxygen atoms in total. The molecule has 4 rings (SSSR count). The Morgan fingerprint density at radius 1 is 1.54 bits per heavy atom. The first-order chi connectivity index (χ1) is 12.6. The van der Waals surface area contributed by atoms with Crippen LogP contribution in [0.1, 0.15) is 22.3 Å². The Morgan fingerprint density at radius 2 is 2.42 bits per heavy atom. The zero-order valence-electron chi connectivity index (χ0n) is 14.2. The molecule has 3 aromatic rings. The Bertz CT molecular complexity index is 927. The van der Waals surface area contributed by atoms with E-state index in [0.717, 1.165) is 20.8 Å². The summed E-state index contributed by atoms with van der Waals surface area (Å²) < 4.78 is 6.67. The molecule has 0 bridgehead atoms. The van der Waals surface area contributed by atoms with Crippen LogP contribution >= 0.6 is 22.9 Å². The van der Waals surface area contributed by atoms with E-state index in [1.54, 1.807) is 16.2 Å². The molecule has 136 valence electrons. The van der Waals surface area contributed by atoms with Gasteiger partial charge in [0.05, 0.1) is 19.8 Å². The first-order valence-corrected chi connectivity index (χ1v) is 9.48. The smallest absolute Gasteiger partial charge is 0.318 e. The summed E-state index contributed by atoms with van der Waals surface area (Å²) in [7, 11) is 0. The highest BCUT2D eigenvalue weighted by Crippen LogP contribution is 2.32. The Labute approximate surface area is 159 Å². The van der Waals surface area contributed by atoms with Gasteiger partial charge in [-0.05, 0) is 36.1 Å². The Hall–Kier alpha value is -2.16. The molecule has 26 heavy (non-hydrogen) atoms. The average Bonchev–Trinajstić information content (AvgIpc) is 3.29. The second-order valence-electron chi connectivity index (χ2n) is 6.10. The number of aromatic nitrogens is 3. The number of aryl methyl sites for hydroxylation is 1. The lowest BCUT2D eigenvalue weighted by Gasteiger charge is -2.34. The van der Waals surface area contributed by atoms with Crippen LogP contribution in [0.4, 0.5) is 4.79 Å². The fourth-order valence-electron chi connectivity index (χ4n) is 3.12. The lowest BCUT2D eigenvalue weighted by atomic mass is 10.1. The van der Waals surface area contributed by atoms with Gasteiger partial charge in [-0.3, -0.25) is 5.10 Å². The number of hydrogen-bond acceptors (Lipinski definition) is 5. The van der Waals surface area contributed by atoms with Crippen LogP contribution < -0.4 is 5.32 Å². The van der Waals surface area contributed by atoms with E-state index in [1.165, 1.54) is 11.0 Å². The van der Waals surface area contributed by atoms with Gasteiger partial charge >= 0.3 is 6.03 Å². The number of ether oxygens (including phenoxy) is 1. The van der Waals surface area contributed by atoms with Crippen molar-refractivity contribution in [3.8, 4) is 0 Å². The zero-order valence-corrected chi connectivity index (χ0v) is 15.7. The highest BCUT2D eigenvalue weighted by molar-refractivity contribution is 7.19. The number of morpholine rings is 1. The van der Waals surface area contributed by atoms with Gasteiger partial charge in [-0.25, -0.2) is 9.78 Å². The normalized spacial score (nSPS) is 17.6. The second-order valence-corrected chi connectivity index (χ2v) is 7.68. The number of urea groups is 1. The van der Waals surface area contributed by atoms with Gasteiger partial charge in [0.25, 0.3) is 0 Å². The van der Waals surface area contributed by atoms with Crippen LogP contribution in [0.3, 0.4) is 0 Å². The van der Waals surface area contributed by atoms with Gasteiger partial charge < -0.3 is 15.0 Å². The first kappa shape index (κ1) is 17.3. The molecule has 2 aromatic heterocycles. The van der Waals surface area contributed by atoms with Crippen LogP contribution in [0.2, 0.25) is 5.02 Å². The minimum Gasteiger partial charge on any atom is -0.377 e. The standard InChI is InChI=1S/C17H18ClN5O2S/c1-10-12-6-11(18)2-3-14(12)26-15(10)7-19-17(24)23-4-5-25-8-13(23)16-20-9-21-22-16/h2-3,6,9,13H,4-5,7-8H2,1H3,(H,19,24)(H,20,21,22). The van der Waals surface area contributed by atoms with Crippen LogP contribution in [0.5, 0.6) is 0 Å². The minimum absolute atomic E-state index is 0.135. The summed E-state index contributed by atoms with van der Waals surface area (Å²) in [6, 6.07) is 5.48. The molecule has 0 radical (unpaired) electrons. The second kappa shape index (κ2) is 7.22. The number of rotatable bonds is 3. The molecule has 1 aromatic carbocycles. The van der Waals surface area contributed by atoms with Gasteiger partial charge in [-0.2, -0.15) is 5.10 Å². The lowest BCUT2D eigenvalue weighted by Crippen LogP contribution is -2.48. The van der Waals surface area contributed by atoms with Gasteiger partial charge in [-0.1, -0.05) is 11.6 Å². The first-order valence-electron chi connectivity index (χ1n) is 8.28. The largest absolute Gasteiger partial charge is 0.377 e. The van der Waals surface area contributed by atoms with Crippen molar-refractivity contribution in [3.63, 3.8) is 0 Å². The van der Waals surface area contributed by atoms with Crippen LogP contribution in [-0.4, -0.2) is 45.9 Å². The van der Waals surface area contributed by atoms with Crippen molar-refractivity contribution in [1.29, 1.82) is 0 Å². The zero-order chi connectivity index (χ0) is 18.1. The van der Waals surface area contributed by atoms with E-state index in [-0.39, 0.29) is 12.1 Å². The molecule has 1 fully saturated rings. The molecule has 0 saturated carbocycles. The number of carbonyl (C=O) groups excluding carboxylic acids is 1. The summed E-state index contributed by atoms with van der Waals surface area (Å²) in [6.45, 7) is 3.96. The molecule has 1 aliphatic rings. The van der Waals surface area contributed by atoms with Crippen molar-refractivity contribution in [3.05, 3.63) is 45.8 Å². The summed E-state index contributed by atoms with van der Waals surface area (Å²) in [5, 5.41) is 11.6. The van der Waals surface area contributed by atoms with Crippen molar-refractivity contribution in [2.75, 3.05) is 19.8 Å². The number of fused-ring (bicyclic) bond motifs is 1. The number of H-pyrrole nitrogens is 1. The minimum atomic E-state index is -0.256. The fraction of sp³-hybridized carbons (Fsp3) is 0.353. The number of hydrogen-bond donors (Lipinski definition) is 2. The van der Waals surface area contributed by atoms with Crippen LogP contribution in [-0.2, 0) is 11.3 Å². The monoisotopic (exact) mass is 391 g/mol. The van der Waals surface area contributed by atoms with Gasteiger partial charge in [0.15, 0.2) is 0 Å². The van der Waals surface area contributed by atoms with Crippen molar-refractivity contribution in [2.24, 2.45) is 0 Å². The van der Waals surface area contributed by atoms with Gasteiger partial charge in [-0.15, -0.1) is 11.3 Å². The third-order valence-corrected chi connectivity index (χ3v) is 6.04. The van der Waals surface area contributed by atoms with E-state index in [0.29, 0.717) is 32.1 Å². The molecule has 2 amide bonds. The number of nitrogens with one attached hydrogen (secondary N) is 2. The molecule has 1 atom stereocenters. The van der Waals surface area contributed by atoms with E-state index in [9.17, 15) is 4.79 Å². The van der Waals surface area contributed by atoms with Crippen molar-refractivity contribution in [1.82, 2.24) is 25.4 Å². The molecule has 2 N–H and O–H groups in total. The van der Waals surface area contributed by atoms with Crippen LogP contribution in [0, 0.1) is 6.92 Å². The number of aromatic amines is 1. The maximum atomic E-state index is 12.7. The molecule has 9 heteroatoms. The van der Waals surface area contributed by atoms with E-state index in [4.69, 9.17) is 16.3 Å². The molecule has 3 heterocycles. The van der Waals surface area contributed by atoms with Gasteiger partial charge in [0.2, 0.25) is 0 Å². The van der Waals surface area contributed by atoms with Gasteiger partial charge in [0.1, 0.15) is 18.2 Å². The maximum absolute atomic E-state index is 12.7. The van der Waals surface area contributed by atoms with E-state index < -0.39 is 0 Å². The predicted molar refractivity (Wildman–Crippen MR) is 100 cm³/mol. The quantitative estimate of drug-likeness (QED) is 0.717. The third-order valence-electron chi connectivity index (χ3n) is 4.54. The van der Waals surface area contributed by atoms with E-state index in [1.807, 2.05) is 18.2 Å². The Morgan fingerprint density at radius 3 is 3.23 bits per heavy atom. The Balaban J connectivity index is 1.48. The average molecular weight is 392 g/mol. The number of amides is 2. The summed E-state index contributed by atoms with van der Waals surface area (Å²) in [5.41, 5.74) is 1.15. The molecular weight excluding hydrogens is 374 g/mol. The highest BCUT2D eigenvalue weighted by atomic mass is 35.5. The summed E-state index contributed by atoms with van der Waals surface area (Å²) in [4.78, 5) is 19.8. The number of carbonyl (C=O) groups is 1. The predicted octanol–water partition coefficient (Wildman–Crippen LogP) is 3.26. The lowest BCUT2D eigenvalue weighted by molar-refractivity contribution is 0.00867. The molecular formula is C17H18ClN5O2S. The van der Waals surface area contributed by atoms with Crippen molar-refractivity contribution in [2.45, 2.75) is 19.5 Å². The number of halogens is 1. The summed E-state index contributed by atoms with van der Waals surface area (Å²) in [5.74, 6) is 0.632. The Kier molecular flexibility index (Phi) is 4.80. The van der Waals surface area contributed by atoms with Crippen molar-refractivity contribution >= 4 is 39.1 Å². The maximum Gasteiger partial charge on any atom is 0.318 e. The SMILES string of the molecule is Cc1c(CNC(=O)N2CCOCC2c2ncn[nH]2)sc2ccc(Cl)cc12. The van der Waals surface area contributed by atoms with Crippen LogP contribution in [0.15, 0.2) is 24.5 Å². The van der Waals surface area contributed by atoms with Crippen LogP contribution in [0.25, 0.3) is 10.1 Å². The third kappa shape index (κ3) is 3.27. The van der Waals surface area contributed by atoms with Crippen molar-refractivity contribution < 1.29 is 9.53 Å². The number of benzene rings is 1. The summed E-state index contributed by atoms with van der Waals surface area (Å²) >= 11 is 7.77. The van der Waals surface area contributed by atoms with E-state index >= 15 is 0 Å². The molecule has 1 aliphatic heterocycles. The molecule has 1 saturated heterocycles. The molecule has 1 unspecified atom stereocenters. The fourth-order valence-corrected chi connectivity index (χ4v) is 4.42. The molecule has 0 spiro atoms. The topological polar surface area (TPSA) is 83.1 Å². The molecule has 0 aliphatic carbocycles. The highest BCUT2D eigenvalue weighted by Gasteiger charge is 2.30. The number of thiophene rings is 1. The summed E-state index contributed by atoms with van der Waals surface area (Å²) in [6.07, 6.45) is 1.44. The van der Waals surface area contributed by atoms with Gasteiger partial charge in [0, 0.05) is 21.1 Å². The van der Waals surface area contributed by atoms with E-state index in [2.05, 4.69) is 27.4 Å². The number of nitrogens with zero attached hydrogens (tertiary/aromatic N) is 3.